The summed E-state index contributed by atoms with van der Waals surface area (Å²) in [5, 5.41) is 14.0. The van der Waals surface area contributed by atoms with Gasteiger partial charge >= 0.3 is 0 Å². The number of anilines is 3. The Labute approximate surface area is 184 Å². The Morgan fingerprint density at radius 1 is 1.32 bits per heavy atom. The van der Waals surface area contributed by atoms with E-state index in [0.29, 0.717) is 5.00 Å². The Bertz CT molecular complexity index is 1120. The summed E-state index contributed by atoms with van der Waals surface area (Å²) < 4.78 is 0. The average Bonchev–Trinajstić information content (AvgIpc) is 3.17. The van der Waals surface area contributed by atoms with Gasteiger partial charge in [-0.3, -0.25) is 4.79 Å². The molecule has 0 radical (unpaired) electrons. The zero-order valence-electron chi connectivity index (χ0n) is 17.2. The fourth-order valence-corrected chi connectivity index (χ4v) is 4.50. The van der Waals surface area contributed by atoms with Crippen LogP contribution >= 0.6 is 11.3 Å². The fourth-order valence-electron chi connectivity index (χ4n) is 3.58. The van der Waals surface area contributed by atoms with Gasteiger partial charge in [0, 0.05) is 55.9 Å². The van der Waals surface area contributed by atoms with Crippen LogP contribution in [0, 0.1) is 6.92 Å². The highest BCUT2D eigenvalue weighted by Gasteiger charge is 2.19. The van der Waals surface area contributed by atoms with Crippen LogP contribution in [0.4, 0.5) is 16.6 Å². The minimum absolute atomic E-state index is 0.123. The van der Waals surface area contributed by atoms with E-state index in [1.807, 2.05) is 30.0 Å². The third kappa shape index (κ3) is 4.23. The zero-order valence-corrected chi connectivity index (χ0v) is 18.0. The smallest absolute Gasteiger partial charge is 0.262 e. The van der Waals surface area contributed by atoms with Crippen molar-refractivity contribution < 1.29 is 9.90 Å². The second kappa shape index (κ2) is 8.75. The van der Waals surface area contributed by atoms with Gasteiger partial charge in [-0.25, -0.2) is 9.97 Å². The number of carbonyl (C=O) groups is 1. The molecule has 0 unspecified atom stereocenters. The van der Waals surface area contributed by atoms with Crippen molar-refractivity contribution in [2.24, 2.45) is 5.73 Å². The number of aromatic hydroxyl groups is 1. The first-order valence-electron chi connectivity index (χ1n) is 9.92. The fraction of sp³-hybridized carbons (Fsp3) is 0.227. The number of primary amides is 1. The summed E-state index contributed by atoms with van der Waals surface area (Å²) in [5.74, 6) is -0.0505. The summed E-state index contributed by atoms with van der Waals surface area (Å²) in [6.07, 6.45) is 3.43. The number of hydrogen-bond donors (Lipinski definition) is 3. The van der Waals surface area contributed by atoms with Crippen LogP contribution < -0.4 is 20.9 Å². The first kappa shape index (κ1) is 20.8. The van der Waals surface area contributed by atoms with Crippen molar-refractivity contribution in [3.05, 3.63) is 59.7 Å². The summed E-state index contributed by atoms with van der Waals surface area (Å²) in [5.41, 5.74) is 9.05. The van der Waals surface area contributed by atoms with E-state index in [4.69, 9.17) is 10.7 Å². The SMILES string of the molecule is C=CN(c1cc(O)c(C(N)=O)s1)c1ccc(-c2ccnc(N3CCNCC3)n2)cc1C. The van der Waals surface area contributed by atoms with Crippen LogP contribution in [-0.4, -0.2) is 47.2 Å². The number of amides is 1. The van der Waals surface area contributed by atoms with Crippen molar-refractivity contribution in [2.45, 2.75) is 6.92 Å². The van der Waals surface area contributed by atoms with E-state index in [1.54, 1.807) is 12.4 Å². The lowest BCUT2D eigenvalue weighted by Gasteiger charge is -2.27. The van der Waals surface area contributed by atoms with E-state index in [-0.39, 0.29) is 10.6 Å². The number of nitrogens with zero attached hydrogens (tertiary/aromatic N) is 4. The molecule has 4 N–H and O–H groups in total. The first-order chi connectivity index (χ1) is 15.0. The molecule has 9 heteroatoms. The van der Waals surface area contributed by atoms with Gasteiger partial charge in [0.1, 0.15) is 15.6 Å². The van der Waals surface area contributed by atoms with E-state index in [1.165, 1.54) is 6.07 Å². The molecule has 0 spiro atoms. The third-order valence-corrected chi connectivity index (χ3v) is 6.28. The number of hydrogen-bond acceptors (Lipinski definition) is 8. The predicted molar refractivity (Wildman–Crippen MR) is 124 cm³/mol. The van der Waals surface area contributed by atoms with Crippen molar-refractivity contribution >= 4 is 33.9 Å². The highest BCUT2D eigenvalue weighted by atomic mass is 32.1. The van der Waals surface area contributed by atoms with Gasteiger partial charge < -0.3 is 26.0 Å². The molecule has 0 atom stereocenters. The number of piperazine rings is 1. The molecule has 1 amide bonds. The Balaban J connectivity index is 1.64. The van der Waals surface area contributed by atoms with Crippen molar-refractivity contribution in [3.8, 4) is 17.0 Å². The second-order valence-corrected chi connectivity index (χ2v) is 8.23. The van der Waals surface area contributed by atoms with E-state index in [0.717, 1.165) is 66.0 Å². The molecule has 1 aliphatic heterocycles. The van der Waals surface area contributed by atoms with Crippen LogP contribution in [0.5, 0.6) is 5.75 Å². The maximum atomic E-state index is 11.5. The second-order valence-electron chi connectivity index (χ2n) is 7.20. The number of benzene rings is 1. The van der Waals surface area contributed by atoms with E-state index >= 15 is 0 Å². The highest BCUT2D eigenvalue weighted by Crippen LogP contribution is 2.40. The van der Waals surface area contributed by atoms with Crippen LogP contribution in [0.1, 0.15) is 15.2 Å². The quantitative estimate of drug-likeness (QED) is 0.545. The van der Waals surface area contributed by atoms with Gasteiger partial charge in [-0.05, 0) is 30.7 Å². The monoisotopic (exact) mass is 436 g/mol. The van der Waals surface area contributed by atoms with Crippen molar-refractivity contribution in [1.29, 1.82) is 0 Å². The number of rotatable bonds is 6. The lowest BCUT2D eigenvalue weighted by Crippen LogP contribution is -2.44. The van der Waals surface area contributed by atoms with Gasteiger partial charge in [-0.1, -0.05) is 12.6 Å². The Hall–Kier alpha value is -3.43. The molecular weight excluding hydrogens is 412 g/mol. The minimum atomic E-state index is -0.658. The molecule has 0 bridgehead atoms. The van der Waals surface area contributed by atoms with Crippen molar-refractivity contribution in [1.82, 2.24) is 15.3 Å². The molecule has 4 rings (SSSR count). The maximum Gasteiger partial charge on any atom is 0.262 e. The Morgan fingerprint density at radius 3 is 2.74 bits per heavy atom. The first-order valence-corrected chi connectivity index (χ1v) is 10.7. The lowest BCUT2D eigenvalue weighted by molar-refractivity contribution is 0.100. The van der Waals surface area contributed by atoms with Crippen molar-refractivity contribution in [3.63, 3.8) is 0 Å². The molecule has 1 aliphatic rings. The summed E-state index contributed by atoms with van der Waals surface area (Å²) in [4.78, 5) is 24.8. The molecular formula is C22H24N6O2S. The van der Waals surface area contributed by atoms with E-state index < -0.39 is 5.91 Å². The summed E-state index contributed by atoms with van der Waals surface area (Å²) >= 11 is 1.12. The zero-order chi connectivity index (χ0) is 22.0. The van der Waals surface area contributed by atoms with Crippen molar-refractivity contribution in [2.75, 3.05) is 36.0 Å². The van der Waals surface area contributed by atoms with Crippen LogP contribution in [0.15, 0.2) is 49.3 Å². The summed E-state index contributed by atoms with van der Waals surface area (Å²) in [7, 11) is 0. The van der Waals surface area contributed by atoms with Crippen LogP contribution in [0.2, 0.25) is 0 Å². The molecule has 3 heterocycles. The molecule has 160 valence electrons. The molecule has 1 saturated heterocycles. The van der Waals surface area contributed by atoms with Gasteiger partial charge in [-0.15, -0.1) is 11.3 Å². The molecule has 0 saturated carbocycles. The summed E-state index contributed by atoms with van der Waals surface area (Å²) in [6.45, 7) is 9.50. The standard InChI is InChI=1S/C22H24N6O2S/c1-3-28(19-13-18(29)20(31-19)21(23)30)17-5-4-15(12-14(17)2)16-6-7-25-22(26-16)27-10-8-24-9-11-27/h3-7,12-13,24,29H,1,8-11H2,2H3,(H2,23,30). The maximum absolute atomic E-state index is 11.5. The number of nitrogens with two attached hydrogens (primary N) is 1. The Morgan fingerprint density at radius 2 is 2.10 bits per heavy atom. The van der Waals surface area contributed by atoms with Gasteiger partial charge in [0.2, 0.25) is 5.95 Å². The molecule has 31 heavy (non-hydrogen) atoms. The highest BCUT2D eigenvalue weighted by molar-refractivity contribution is 7.18. The molecule has 2 aromatic heterocycles. The molecule has 1 aromatic carbocycles. The van der Waals surface area contributed by atoms with Gasteiger partial charge in [0.05, 0.1) is 5.69 Å². The topological polar surface area (TPSA) is 108 Å². The summed E-state index contributed by atoms with van der Waals surface area (Å²) in [6, 6.07) is 9.44. The number of aromatic nitrogens is 2. The van der Waals surface area contributed by atoms with Gasteiger partial charge in [0.15, 0.2) is 0 Å². The minimum Gasteiger partial charge on any atom is -0.506 e. The third-order valence-electron chi connectivity index (χ3n) is 5.14. The molecule has 0 aliphatic carbocycles. The number of nitrogens with one attached hydrogen (secondary N) is 1. The van der Waals surface area contributed by atoms with Crippen LogP contribution in [0.25, 0.3) is 11.3 Å². The molecule has 3 aromatic rings. The molecule has 8 nitrogen and oxygen atoms in total. The Kier molecular flexibility index (Phi) is 5.88. The number of carbonyl (C=O) groups excluding carboxylic acids is 1. The van der Waals surface area contributed by atoms with Crippen LogP contribution in [-0.2, 0) is 0 Å². The predicted octanol–water partition coefficient (Wildman–Crippen LogP) is 3.01. The van der Waals surface area contributed by atoms with E-state index in [9.17, 15) is 9.90 Å². The number of aryl methyl sites for hydroxylation is 1. The van der Waals surface area contributed by atoms with Gasteiger partial charge in [0.25, 0.3) is 5.91 Å². The molecule has 1 fully saturated rings. The average molecular weight is 437 g/mol. The van der Waals surface area contributed by atoms with E-state index in [2.05, 4.69) is 27.8 Å². The normalized spacial score (nSPS) is 13.8. The lowest BCUT2D eigenvalue weighted by atomic mass is 10.1. The largest absolute Gasteiger partial charge is 0.506 e. The van der Waals surface area contributed by atoms with Crippen LogP contribution in [0.3, 0.4) is 0 Å². The number of thiophene rings is 1. The van der Waals surface area contributed by atoms with Gasteiger partial charge in [-0.2, -0.15) is 0 Å².